The fourth-order valence-electron chi connectivity index (χ4n) is 1.14. The van der Waals surface area contributed by atoms with E-state index in [1.807, 2.05) is 13.0 Å². The second kappa shape index (κ2) is 5.43. The third-order valence-electron chi connectivity index (χ3n) is 1.99. The third-order valence-corrected chi connectivity index (χ3v) is 2.31. The molecule has 0 radical (unpaired) electrons. The molecule has 0 saturated heterocycles. The Labute approximate surface area is 100.0 Å². The first kappa shape index (κ1) is 12.4. The molecule has 0 bridgehead atoms. The Bertz CT molecular complexity index is 449. The molecule has 0 aromatic heterocycles. The van der Waals surface area contributed by atoms with Crippen LogP contribution in [0.3, 0.4) is 0 Å². The van der Waals surface area contributed by atoms with E-state index < -0.39 is 0 Å². The summed E-state index contributed by atoms with van der Waals surface area (Å²) in [5.74, 6) is 5.63. The van der Waals surface area contributed by atoms with Crippen LogP contribution in [0.1, 0.15) is 18.1 Å². The molecule has 1 aromatic rings. The van der Waals surface area contributed by atoms with Gasteiger partial charge in [0.2, 0.25) is 5.91 Å². The molecule has 0 atom stereocenters. The fourth-order valence-corrected chi connectivity index (χ4v) is 1.41. The van der Waals surface area contributed by atoms with Crippen LogP contribution >= 0.6 is 11.6 Å². The van der Waals surface area contributed by atoms with E-state index in [0.717, 1.165) is 11.1 Å². The van der Waals surface area contributed by atoms with Crippen LogP contribution in [0.25, 0.3) is 0 Å². The summed E-state index contributed by atoms with van der Waals surface area (Å²) in [6.07, 6.45) is 0. The van der Waals surface area contributed by atoms with Gasteiger partial charge in [-0.3, -0.25) is 4.79 Å². The Morgan fingerprint density at radius 3 is 2.81 bits per heavy atom. The van der Waals surface area contributed by atoms with Crippen molar-refractivity contribution in [3.8, 4) is 11.8 Å². The molecule has 3 N–H and O–H groups in total. The monoisotopic (exact) mass is 236 g/mol. The van der Waals surface area contributed by atoms with Crippen molar-refractivity contribution < 1.29 is 4.79 Å². The Hall–Kier alpha value is -1.66. The van der Waals surface area contributed by atoms with Crippen LogP contribution in [0.4, 0.5) is 5.69 Å². The van der Waals surface area contributed by atoms with E-state index >= 15 is 0 Å². The molecule has 1 rings (SSSR count). The van der Waals surface area contributed by atoms with Gasteiger partial charge in [-0.25, -0.2) is 0 Å². The van der Waals surface area contributed by atoms with Gasteiger partial charge in [-0.05, 0) is 24.6 Å². The first-order chi connectivity index (χ1) is 7.50. The van der Waals surface area contributed by atoms with Crippen molar-refractivity contribution in [1.82, 2.24) is 5.32 Å². The summed E-state index contributed by atoms with van der Waals surface area (Å²) >= 11 is 5.92. The molecule has 0 aliphatic rings. The summed E-state index contributed by atoms with van der Waals surface area (Å²) in [5.41, 5.74) is 7.98. The molecule has 1 aromatic carbocycles. The Morgan fingerprint density at radius 2 is 2.25 bits per heavy atom. The van der Waals surface area contributed by atoms with E-state index in [9.17, 15) is 4.79 Å². The van der Waals surface area contributed by atoms with Gasteiger partial charge in [-0.15, -0.1) is 0 Å². The van der Waals surface area contributed by atoms with Crippen LogP contribution in [-0.2, 0) is 4.79 Å². The number of anilines is 1. The average molecular weight is 237 g/mol. The number of rotatable bonds is 1. The van der Waals surface area contributed by atoms with Gasteiger partial charge in [0.05, 0.1) is 17.3 Å². The Balaban J connectivity index is 2.78. The summed E-state index contributed by atoms with van der Waals surface area (Å²) in [7, 11) is 0. The molecular weight excluding hydrogens is 224 g/mol. The Kier molecular flexibility index (Phi) is 4.21. The van der Waals surface area contributed by atoms with Crippen molar-refractivity contribution >= 4 is 23.2 Å². The van der Waals surface area contributed by atoms with E-state index in [4.69, 9.17) is 17.3 Å². The molecule has 84 valence electrons. The minimum atomic E-state index is -0.0965. The third kappa shape index (κ3) is 3.48. The number of amides is 1. The minimum absolute atomic E-state index is 0.0965. The van der Waals surface area contributed by atoms with Crippen molar-refractivity contribution in [3.05, 3.63) is 28.3 Å². The largest absolute Gasteiger partial charge is 0.397 e. The number of nitrogen functional groups attached to an aromatic ring is 1. The van der Waals surface area contributed by atoms with E-state index in [0.29, 0.717) is 17.3 Å². The van der Waals surface area contributed by atoms with Gasteiger partial charge in [-0.2, -0.15) is 0 Å². The number of halogens is 1. The van der Waals surface area contributed by atoms with Crippen LogP contribution in [0.5, 0.6) is 0 Å². The maximum absolute atomic E-state index is 10.6. The second-order valence-electron chi connectivity index (χ2n) is 3.40. The molecule has 0 spiro atoms. The first-order valence-electron chi connectivity index (χ1n) is 4.79. The molecule has 0 aliphatic heterocycles. The van der Waals surface area contributed by atoms with E-state index in [2.05, 4.69) is 17.2 Å². The van der Waals surface area contributed by atoms with Gasteiger partial charge in [0.25, 0.3) is 0 Å². The average Bonchev–Trinajstić information content (AvgIpc) is 2.20. The summed E-state index contributed by atoms with van der Waals surface area (Å²) in [4.78, 5) is 10.6. The van der Waals surface area contributed by atoms with Gasteiger partial charge in [-0.1, -0.05) is 23.4 Å². The topological polar surface area (TPSA) is 55.1 Å². The van der Waals surface area contributed by atoms with Crippen LogP contribution in [-0.4, -0.2) is 12.5 Å². The lowest BCUT2D eigenvalue weighted by atomic mass is 10.1. The molecule has 0 fully saturated rings. The number of carbonyl (C=O) groups excluding carboxylic acids is 1. The SMILES string of the molecule is CC(=O)NCC#Cc1cc(C)c(N)c(Cl)c1. The summed E-state index contributed by atoms with van der Waals surface area (Å²) in [6, 6.07) is 3.58. The lowest BCUT2D eigenvalue weighted by Gasteiger charge is -2.02. The van der Waals surface area contributed by atoms with Crippen LogP contribution in [0, 0.1) is 18.8 Å². The van der Waals surface area contributed by atoms with Crippen molar-refractivity contribution in [2.24, 2.45) is 0 Å². The molecule has 0 saturated carbocycles. The molecule has 0 heterocycles. The standard InChI is InChI=1S/C12H13ClN2O/c1-8-6-10(7-11(13)12(8)14)4-3-5-15-9(2)16/h6-7H,5,14H2,1-2H3,(H,15,16). The summed E-state index contributed by atoms with van der Waals surface area (Å²) in [5, 5.41) is 3.09. The van der Waals surface area contributed by atoms with Crippen molar-refractivity contribution in [1.29, 1.82) is 0 Å². The number of hydrogen-bond acceptors (Lipinski definition) is 2. The summed E-state index contributed by atoms with van der Waals surface area (Å²) < 4.78 is 0. The lowest BCUT2D eigenvalue weighted by Crippen LogP contribution is -2.19. The zero-order chi connectivity index (χ0) is 12.1. The first-order valence-corrected chi connectivity index (χ1v) is 5.17. The number of benzene rings is 1. The molecule has 16 heavy (non-hydrogen) atoms. The van der Waals surface area contributed by atoms with E-state index in [1.165, 1.54) is 6.92 Å². The number of hydrogen-bond donors (Lipinski definition) is 2. The number of aryl methyl sites for hydroxylation is 1. The van der Waals surface area contributed by atoms with Crippen molar-refractivity contribution in [2.45, 2.75) is 13.8 Å². The van der Waals surface area contributed by atoms with Crippen molar-refractivity contribution in [2.75, 3.05) is 12.3 Å². The maximum Gasteiger partial charge on any atom is 0.217 e. The molecule has 4 heteroatoms. The highest BCUT2D eigenvalue weighted by molar-refractivity contribution is 6.33. The zero-order valence-corrected chi connectivity index (χ0v) is 9.98. The summed E-state index contributed by atoms with van der Waals surface area (Å²) in [6.45, 7) is 3.66. The fraction of sp³-hybridized carbons (Fsp3) is 0.250. The van der Waals surface area contributed by atoms with Gasteiger partial charge in [0, 0.05) is 12.5 Å². The van der Waals surface area contributed by atoms with Crippen LogP contribution in [0.15, 0.2) is 12.1 Å². The predicted octanol–water partition coefficient (Wildman–Crippen LogP) is 1.72. The zero-order valence-electron chi connectivity index (χ0n) is 9.23. The van der Waals surface area contributed by atoms with Crippen LogP contribution < -0.4 is 11.1 Å². The molecule has 0 unspecified atom stereocenters. The number of nitrogens with one attached hydrogen (secondary N) is 1. The second-order valence-corrected chi connectivity index (χ2v) is 3.81. The Morgan fingerprint density at radius 1 is 1.56 bits per heavy atom. The van der Waals surface area contributed by atoms with Crippen molar-refractivity contribution in [3.63, 3.8) is 0 Å². The van der Waals surface area contributed by atoms with E-state index in [1.54, 1.807) is 6.07 Å². The maximum atomic E-state index is 10.6. The van der Waals surface area contributed by atoms with Gasteiger partial charge >= 0.3 is 0 Å². The smallest absolute Gasteiger partial charge is 0.217 e. The van der Waals surface area contributed by atoms with Gasteiger partial charge in [0.1, 0.15) is 0 Å². The highest BCUT2D eigenvalue weighted by Crippen LogP contribution is 2.23. The molecule has 0 aliphatic carbocycles. The molecule has 1 amide bonds. The predicted molar refractivity (Wildman–Crippen MR) is 66.2 cm³/mol. The quantitative estimate of drug-likeness (QED) is 0.576. The minimum Gasteiger partial charge on any atom is -0.397 e. The highest BCUT2D eigenvalue weighted by atomic mass is 35.5. The lowest BCUT2D eigenvalue weighted by molar-refractivity contribution is -0.118. The van der Waals surface area contributed by atoms with Crippen LogP contribution in [0.2, 0.25) is 5.02 Å². The molecule has 3 nitrogen and oxygen atoms in total. The van der Waals surface area contributed by atoms with Gasteiger partial charge in [0.15, 0.2) is 0 Å². The van der Waals surface area contributed by atoms with E-state index in [-0.39, 0.29) is 5.91 Å². The number of carbonyl (C=O) groups is 1. The van der Waals surface area contributed by atoms with Gasteiger partial charge < -0.3 is 11.1 Å². The normalized spacial score (nSPS) is 9.19. The highest BCUT2D eigenvalue weighted by Gasteiger charge is 2.00. The molecular formula is C12H13ClN2O. The number of nitrogens with two attached hydrogens (primary N) is 1.